The predicted molar refractivity (Wildman–Crippen MR) is 66.8 cm³/mol. The first-order valence-corrected chi connectivity index (χ1v) is 6.91. The van der Waals surface area contributed by atoms with Crippen molar-refractivity contribution in [2.45, 2.75) is 58.8 Å². The summed E-state index contributed by atoms with van der Waals surface area (Å²) in [5, 5.41) is 0. The number of hydrogen-bond donors (Lipinski definition) is 0. The summed E-state index contributed by atoms with van der Waals surface area (Å²) in [6.07, 6.45) is 10.0. The molecule has 86 valence electrons. The summed E-state index contributed by atoms with van der Waals surface area (Å²) in [5.74, 6) is 3.84. The third kappa shape index (κ3) is 2.14. The lowest BCUT2D eigenvalue weighted by Gasteiger charge is -2.46. The van der Waals surface area contributed by atoms with Gasteiger partial charge in [0.05, 0.1) is 0 Å². The molecule has 0 aromatic rings. The van der Waals surface area contributed by atoms with Crippen molar-refractivity contribution in [3.8, 4) is 0 Å². The smallest absolute Gasteiger partial charge is 0.0172 e. The standard InChI is InChI=1S/C15H26/c1-4-11(2)14-10-6-9-13-8-5-7-12(3)15(13)14/h12-15H,2,4-10H2,1,3H3. The van der Waals surface area contributed by atoms with E-state index in [0.29, 0.717) is 0 Å². The first-order valence-electron chi connectivity index (χ1n) is 6.91. The quantitative estimate of drug-likeness (QED) is 0.569. The minimum Gasteiger partial charge on any atom is -0.0996 e. The zero-order valence-corrected chi connectivity index (χ0v) is 10.5. The van der Waals surface area contributed by atoms with Crippen LogP contribution in [0.15, 0.2) is 12.2 Å². The van der Waals surface area contributed by atoms with E-state index in [1.807, 2.05) is 0 Å². The molecule has 0 N–H and O–H groups in total. The minimum atomic E-state index is 0.865. The van der Waals surface area contributed by atoms with E-state index in [1.54, 1.807) is 5.57 Å². The van der Waals surface area contributed by atoms with Gasteiger partial charge < -0.3 is 0 Å². The van der Waals surface area contributed by atoms with Crippen LogP contribution in [0, 0.1) is 23.7 Å². The van der Waals surface area contributed by atoms with Crippen LogP contribution in [0.25, 0.3) is 0 Å². The molecular weight excluding hydrogens is 180 g/mol. The first kappa shape index (κ1) is 11.2. The molecule has 4 atom stereocenters. The van der Waals surface area contributed by atoms with Crippen molar-refractivity contribution in [2.24, 2.45) is 23.7 Å². The number of rotatable bonds is 2. The van der Waals surface area contributed by atoms with Crippen LogP contribution in [-0.2, 0) is 0 Å². The summed E-state index contributed by atoms with van der Waals surface area (Å²) >= 11 is 0. The van der Waals surface area contributed by atoms with Crippen molar-refractivity contribution in [3.05, 3.63) is 12.2 Å². The average Bonchev–Trinajstić information content (AvgIpc) is 2.28. The Hall–Kier alpha value is -0.260. The highest BCUT2D eigenvalue weighted by molar-refractivity contribution is 5.06. The Kier molecular flexibility index (Phi) is 3.53. The second-order valence-corrected chi connectivity index (χ2v) is 5.79. The third-order valence-electron chi connectivity index (χ3n) is 4.97. The molecule has 0 aromatic carbocycles. The predicted octanol–water partition coefficient (Wildman–Crippen LogP) is 4.81. The van der Waals surface area contributed by atoms with E-state index in [9.17, 15) is 0 Å². The van der Waals surface area contributed by atoms with Gasteiger partial charge in [-0.15, -0.1) is 0 Å². The van der Waals surface area contributed by atoms with Crippen LogP contribution >= 0.6 is 0 Å². The van der Waals surface area contributed by atoms with Crippen LogP contribution in [0.4, 0.5) is 0 Å². The zero-order valence-electron chi connectivity index (χ0n) is 10.5. The molecule has 0 spiro atoms. The second-order valence-electron chi connectivity index (χ2n) is 5.79. The molecule has 0 amide bonds. The summed E-state index contributed by atoms with van der Waals surface area (Å²) < 4.78 is 0. The van der Waals surface area contributed by atoms with Gasteiger partial charge in [-0.1, -0.05) is 58.1 Å². The second kappa shape index (κ2) is 4.72. The molecule has 2 fully saturated rings. The molecular formula is C15H26. The summed E-state index contributed by atoms with van der Waals surface area (Å²) in [6, 6.07) is 0. The van der Waals surface area contributed by atoms with E-state index in [1.165, 1.54) is 44.9 Å². The van der Waals surface area contributed by atoms with Gasteiger partial charge in [0.25, 0.3) is 0 Å². The highest BCUT2D eigenvalue weighted by atomic mass is 14.4. The van der Waals surface area contributed by atoms with Gasteiger partial charge in [-0.25, -0.2) is 0 Å². The molecule has 2 rings (SSSR count). The lowest BCUT2D eigenvalue weighted by Crippen LogP contribution is -2.36. The summed E-state index contributed by atoms with van der Waals surface area (Å²) in [4.78, 5) is 0. The SMILES string of the molecule is C=C(CC)C1CCCC2CCCC(C)C21. The van der Waals surface area contributed by atoms with E-state index in [2.05, 4.69) is 20.4 Å². The largest absolute Gasteiger partial charge is 0.0996 e. The maximum absolute atomic E-state index is 4.32. The fourth-order valence-electron chi connectivity index (χ4n) is 4.14. The minimum absolute atomic E-state index is 0.865. The molecule has 4 unspecified atom stereocenters. The van der Waals surface area contributed by atoms with Crippen molar-refractivity contribution in [2.75, 3.05) is 0 Å². The molecule has 2 aliphatic rings. The maximum atomic E-state index is 4.32. The van der Waals surface area contributed by atoms with Crippen LogP contribution in [0.1, 0.15) is 58.8 Å². The van der Waals surface area contributed by atoms with Crippen molar-refractivity contribution in [3.63, 3.8) is 0 Å². The molecule has 0 saturated heterocycles. The Bertz CT molecular complexity index is 226. The summed E-state index contributed by atoms with van der Waals surface area (Å²) in [7, 11) is 0. The summed E-state index contributed by atoms with van der Waals surface area (Å²) in [6.45, 7) is 9.08. The van der Waals surface area contributed by atoms with Crippen LogP contribution in [-0.4, -0.2) is 0 Å². The van der Waals surface area contributed by atoms with E-state index in [0.717, 1.165) is 23.7 Å². The van der Waals surface area contributed by atoms with Crippen LogP contribution < -0.4 is 0 Å². The van der Waals surface area contributed by atoms with Gasteiger partial charge in [0.1, 0.15) is 0 Å². The van der Waals surface area contributed by atoms with E-state index in [4.69, 9.17) is 0 Å². The molecule has 0 bridgehead atoms. The number of fused-ring (bicyclic) bond motifs is 1. The Morgan fingerprint density at radius 3 is 2.47 bits per heavy atom. The molecule has 2 saturated carbocycles. The normalized spacial score (nSPS) is 40.9. The highest BCUT2D eigenvalue weighted by Gasteiger charge is 2.39. The Labute approximate surface area is 95.1 Å². The van der Waals surface area contributed by atoms with Crippen molar-refractivity contribution in [1.82, 2.24) is 0 Å². The highest BCUT2D eigenvalue weighted by Crippen LogP contribution is 2.49. The fraction of sp³-hybridized carbons (Fsp3) is 0.867. The molecule has 0 heteroatoms. The van der Waals surface area contributed by atoms with Gasteiger partial charge in [-0.3, -0.25) is 0 Å². The van der Waals surface area contributed by atoms with Crippen molar-refractivity contribution in [1.29, 1.82) is 0 Å². The molecule has 0 radical (unpaired) electrons. The Morgan fingerprint density at radius 2 is 1.80 bits per heavy atom. The van der Waals surface area contributed by atoms with E-state index < -0.39 is 0 Å². The lowest BCUT2D eigenvalue weighted by atomic mass is 9.59. The zero-order chi connectivity index (χ0) is 10.8. The van der Waals surface area contributed by atoms with Gasteiger partial charge in [0, 0.05) is 0 Å². The van der Waals surface area contributed by atoms with Crippen molar-refractivity contribution < 1.29 is 0 Å². The number of hydrogen-bond acceptors (Lipinski definition) is 0. The maximum Gasteiger partial charge on any atom is -0.0172 e. The topological polar surface area (TPSA) is 0 Å². The Balaban J connectivity index is 2.12. The Morgan fingerprint density at radius 1 is 1.13 bits per heavy atom. The molecule has 2 aliphatic carbocycles. The van der Waals surface area contributed by atoms with Gasteiger partial charge in [-0.2, -0.15) is 0 Å². The van der Waals surface area contributed by atoms with E-state index in [-0.39, 0.29) is 0 Å². The van der Waals surface area contributed by atoms with Crippen LogP contribution in [0.2, 0.25) is 0 Å². The van der Waals surface area contributed by atoms with Crippen LogP contribution in [0.3, 0.4) is 0 Å². The molecule has 0 heterocycles. The molecule has 0 nitrogen and oxygen atoms in total. The third-order valence-corrected chi connectivity index (χ3v) is 4.97. The average molecular weight is 206 g/mol. The van der Waals surface area contributed by atoms with Gasteiger partial charge in [-0.05, 0) is 36.5 Å². The molecule has 0 aromatic heterocycles. The fourth-order valence-corrected chi connectivity index (χ4v) is 4.14. The van der Waals surface area contributed by atoms with Gasteiger partial charge >= 0.3 is 0 Å². The van der Waals surface area contributed by atoms with E-state index >= 15 is 0 Å². The lowest BCUT2D eigenvalue weighted by molar-refractivity contribution is 0.0720. The van der Waals surface area contributed by atoms with Crippen molar-refractivity contribution >= 4 is 0 Å². The van der Waals surface area contributed by atoms with Gasteiger partial charge in [0.15, 0.2) is 0 Å². The summed E-state index contributed by atoms with van der Waals surface area (Å²) in [5.41, 5.74) is 1.54. The molecule has 0 aliphatic heterocycles. The first-order chi connectivity index (χ1) is 7.24. The molecule has 15 heavy (non-hydrogen) atoms. The van der Waals surface area contributed by atoms with Crippen LogP contribution in [0.5, 0.6) is 0 Å². The number of allylic oxidation sites excluding steroid dienone is 1. The monoisotopic (exact) mass is 206 g/mol. The van der Waals surface area contributed by atoms with Gasteiger partial charge in [0.2, 0.25) is 0 Å².